The number of furan rings is 1. The van der Waals surface area contributed by atoms with E-state index >= 15 is 0 Å². The van der Waals surface area contributed by atoms with Gasteiger partial charge in [0.15, 0.2) is 0 Å². The topological polar surface area (TPSA) is 85.0 Å². The number of amides is 2. The lowest BCUT2D eigenvalue weighted by atomic mass is 9.99. The third-order valence-corrected chi connectivity index (χ3v) is 5.38. The van der Waals surface area contributed by atoms with E-state index in [9.17, 15) is 14.0 Å². The number of hydrogen-bond acceptors (Lipinski definition) is 4. The summed E-state index contributed by atoms with van der Waals surface area (Å²) >= 11 is 0. The number of carbonyl (C=O) groups excluding carboxylic acids is 2. The molecule has 1 unspecified atom stereocenters. The number of halogens is 1. The van der Waals surface area contributed by atoms with Crippen LogP contribution in [0.3, 0.4) is 0 Å². The molecule has 8 heteroatoms. The Hall–Kier alpha value is -3.13. The smallest absolute Gasteiger partial charge is 0.338 e. The Kier molecular flexibility index (Phi) is 5.85. The molecule has 158 valence electrons. The molecule has 0 spiro atoms. The summed E-state index contributed by atoms with van der Waals surface area (Å²) in [7, 11) is 0. The van der Waals surface area contributed by atoms with Gasteiger partial charge in [-0.1, -0.05) is 12.1 Å². The predicted octanol–water partition coefficient (Wildman–Crippen LogP) is 1.84. The fraction of sp³-hybridized carbons (Fsp3) is 0.364. The zero-order valence-electron chi connectivity index (χ0n) is 16.7. The summed E-state index contributed by atoms with van der Waals surface area (Å²) in [5, 5.41) is 5.57. The van der Waals surface area contributed by atoms with Crippen LogP contribution >= 0.6 is 0 Å². The first kappa shape index (κ1) is 20.2. The van der Waals surface area contributed by atoms with Gasteiger partial charge in [-0.15, -0.1) is 0 Å². The van der Waals surface area contributed by atoms with E-state index in [-0.39, 0.29) is 12.4 Å². The van der Waals surface area contributed by atoms with Gasteiger partial charge in [-0.3, -0.25) is 0 Å². The predicted molar refractivity (Wildman–Crippen MR) is 106 cm³/mol. The molecular formula is C22H25FN3O4+. The number of esters is 1. The zero-order chi connectivity index (χ0) is 21.1. The Morgan fingerprint density at radius 2 is 2.00 bits per heavy atom. The van der Waals surface area contributed by atoms with Crippen molar-refractivity contribution in [3.05, 3.63) is 71.1 Å². The minimum absolute atomic E-state index is 0.225. The van der Waals surface area contributed by atoms with Crippen LogP contribution in [-0.2, 0) is 16.1 Å². The van der Waals surface area contributed by atoms with E-state index in [1.54, 1.807) is 31.2 Å². The van der Waals surface area contributed by atoms with Gasteiger partial charge < -0.3 is 24.7 Å². The molecule has 1 aliphatic carbocycles. The van der Waals surface area contributed by atoms with Crippen LogP contribution < -0.4 is 15.5 Å². The van der Waals surface area contributed by atoms with Crippen LogP contribution in [0.1, 0.15) is 37.1 Å². The summed E-state index contributed by atoms with van der Waals surface area (Å²) in [6.07, 6.45) is 3.65. The van der Waals surface area contributed by atoms with Crippen molar-refractivity contribution in [2.45, 2.75) is 38.4 Å². The Balaban J connectivity index is 1.65. The Morgan fingerprint density at radius 1 is 1.23 bits per heavy atom. The Morgan fingerprint density at radius 3 is 2.63 bits per heavy atom. The molecule has 30 heavy (non-hydrogen) atoms. The maximum absolute atomic E-state index is 13.3. The van der Waals surface area contributed by atoms with E-state index in [2.05, 4.69) is 10.6 Å². The number of carbonyl (C=O) groups is 2. The fourth-order valence-corrected chi connectivity index (χ4v) is 3.81. The molecule has 1 aliphatic heterocycles. The van der Waals surface area contributed by atoms with Gasteiger partial charge >= 0.3 is 12.0 Å². The minimum atomic E-state index is -0.714. The van der Waals surface area contributed by atoms with Crippen molar-refractivity contribution >= 4 is 12.0 Å². The van der Waals surface area contributed by atoms with E-state index in [1.807, 2.05) is 0 Å². The van der Waals surface area contributed by atoms with Gasteiger partial charge in [-0.25, -0.2) is 14.0 Å². The van der Waals surface area contributed by atoms with Gasteiger partial charge in [-0.05, 0) is 31.2 Å². The van der Waals surface area contributed by atoms with Crippen LogP contribution in [0.15, 0.2) is 58.3 Å². The summed E-state index contributed by atoms with van der Waals surface area (Å²) in [5.41, 5.74) is 1.88. The summed E-state index contributed by atoms with van der Waals surface area (Å²) in [6, 6.07) is 9.19. The average Bonchev–Trinajstić information content (AvgIpc) is 3.42. The molecule has 2 atom stereocenters. The molecule has 1 fully saturated rings. The average molecular weight is 414 g/mol. The van der Waals surface area contributed by atoms with E-state index < -0.39 is 18.0 Å². The highest BCUT2D eigenvalue weighted by atomic mass is 19.1. The Bertz CT molecular complexity index is 936. The number of benzene rings is 1. The summed E-state index contributed by atoms with van der Waals surface area (Å²) < 4.78 is 24.0. The van der Waals surface area contributed by atoms with Crippen LogP contribution in [0.5, 0.6) is 0 Å². The second-order valence-electron chi connectivity index (χ2n) is 7.57. The summed E-state index contributed by atoms with van der Waals surface area (Å²) in [4.78, 5) is 26.4. The molecule has 0 bridgehead atoms. The summed E-state index contributed by atoms with van der Waals surface area (Å²) in [6.45, 7) is 3.08. The molecule has 2 aliphatic rings. The summed E-state index contributed by atoms with van der Waals surface area (Å²) in [5.74, 6) is -0.291. The highest BCUT2D eigenvalue weighted by Gasteiger charge is 2.39. The van der Waals surface area contributed by atoms with Crippen molar-refractivity contribution in [1.82, 2.24) is 10.6 Å². The van der Waals surface area contributed by atoms with E-state index in [1.165, 1.54) is 23.3 Å². The second kappa shape index (κ2) is 8.71. The van der Waals surface area contributed by atoms with E-state index in [0.717, 1.165) is 18.4 Å². The molecule has 0 radical (unpaired) electrons. The van der Waals surface area contributed by atoms with Gasteiger partial charge in [0, 0.05) is 18.4 Å². The number of rotatable bonds is 8. The number of ether oxygens (including phenoxy) is 1. The van der Waals surface area contributed by atoms with Crippen molar-refractivity contribution < 1.29 is 28.0 Å². The maximum Gasteiger partial charge on any atom is 0.338 e. The molecular weight excluding hydrogens is 389 g/mol. The fourth-order valence-electron chi connectivity index (χ4n) is 3.81. The first-order valence-electron chi connectivity index (χ1n) is 10.1. The van der Waals surface area contributed by atoms with Crippen molar-refractivity contribution in [1.29, 1.82) is 0 Å². The van der Waals surface area contributed by atoms with Crippen LogP contribution in [0, 0.1) is 5.82 Å². The quantitative estimate of drug-likeness (QED) is 0.576. The van der Waals surface area contributed by atoms with Gasteiger partial charge in [0.1, 0.15) is 30.7 Å². The SMILES string of the molecule is CCOC(=O)C1=C(C[NH+](Cc2ccc(F)cc2)C2CC2)NC(=O)N[C@H]1c1ccco1. The molecule has 3 N–H and O–H groups in total. The van der Waals surface area contributed by atoms with Gasteiger partial charge in [0.25, 0.3) is 0 Å². The van der Waals surface area contributed by atoms with Crippen LogP contribution in [0.25, 0.3) is 0 Å². The van der Waals surface area contributed by atoms with E-state index in [4.69, 9.17) is 9.15 Å². The zero-order valence-corrected chi connectivity index (χ0v) is 16.7. The lowest BCUT2D eigenvalue weighted by molar-refractivity contribution is -0.920. The van der Waals surface area contributed by atoms with Crippen molar-refractivity contribution in [3.8, 4) is 0 Å². The standard InChI is InChI=1S/C22H24FN3O4/c1-2-29-21(27)19-17(24-22(28)25-20(19)18-4-3-11-30-18)13-26(16-9-10-16)12-14-5-7-15(23)8-6-14/h3-8,11,16,20H,2,9-10,12-13H2,1H3,(H2,24,25,28)/p+1/t20-/m0/s1. The minimum Gasteiger partial charge on any atom is -0.467 e. The molecule has 4 rings (SSSR count). The molecule has 2 aromatic rings. The van der Waals surface area contributed by atoms with Crippen molar-refractivity contribution in [2.75, 3.05) is 13.2 Å². The second-order valence-corrected chi connectivity index (χ2v) is 7.57. The molecule has 7 nitrogen and oxygen atoms in total. The molecule has 2 heterocycles. The number of hydrogen-bond donors (Lipinski definition) is 3. The van der Waals surface area contributed by atoms with Crippen molar-refractivity contribution in [3.63, 3.8) is 0 Å². The lowest BCUT2D eigenvalue weighted by Crippen LogP contribution is -3.12. The largest absolute Gasteiger partial charge is 0.467 e. The van der Waals surface area contributed by atoms with Gasteiger partial charge in [0.2, 0.25) is 0 Å². The first-order chi connectivity index (χ1) is 14.5. The van der Waals surface area contributed by atoms with E-state index in [0.29, 0.717) is 36.2 Å². The molecule has 1 aromatic heterocycles. The Labute approximate surface area is 173 Å². The lowest BCUT2D eigenvalue weighted by Gasteiger charge is -2.29. The van der Waals surface area contributed by atoms with Crippen molar-refractivity contribution in [2.24, 2.45) is 0 Å². The molecule has 0 saturated heterocycles. The van der Waals surface area contributed by atoms with Crippen LogP contribution in [0.2, 0.25) is 0 Å². The number of quaternary nitrogens is 1. The molecule has 1 saturated carbocycles. The van der Waals surface area contributed by atoms with Gasteiger partial charge in [-0.2, -0.15) is 0 Å². The highest BCUT2D eigenvalue weighted by Crippen LogP contribution is 2.28. The van der Waals surface area contributed by atoms with Crippen LogP contribution in [-0.4, -0.2) is 31.2 Å². The monoisotopic (exact) mass is 414 g/mol. The highest BCUT2D eigenvalue weighted by molar-refractivity contribution is 5.95. The molecule has 2 amide bonds. The number of urea groups is 1. The third kappa shape index (κ3) is 4.54. The first-order valence-corrected chi connectivity index (χ1v) is 10.1. The normalized spacial score (nSPS) is 19.8. The van der Waals surface area contributed by atoms with Crippen LogP contribution in [0.4, 0.5) is 9.18 Å². The molecule has 1 aromatic carbocycles. The van der Waals surface area contributed by atoms with Gasteiger partial charge in [0.05, 0.1) is 30.2 Å². The maximum atomic E-state index is 13.3. The third-order valence-electron chi connectivity index (χ3n) is 5.38. The number of nitrogens with one attached hydrogen (secondary N) is 3.